The van der Waals surface area contributed by atoms with Gasteiger partial charge in [0.25, 0.3) is 0 Å². The number of ether oxygens (including phenoxy) is 1. The average Bonchev–Trinajstić information content (AvgIpc) is 2.25. The molecule has 1 aliphatic rings. The number of nitrogens with zero attached hydrogens (tertiary/aromatic N) is 1. The molecule has 5 nitrogen and oxygen atoms in total. The smallest absolute Gasteiger partial charge is 0.409 e. The van der Waals surface area contributed by atoms with Crippen LogP contribution >= 0.6 is 0 Å². The quantitative estimate of drug-likeness (QED) is 0.786. The predicted octanol–water partition coefficient (Wildman–Crippen LogP) is 2.27. The van der Waals surface area contributed by atoms with Crippen LogP contribution in [-0.4, -0.2) is 42.3 Å². The van der Waals surface area contributed by atoms with E-state index in [1.165, 1.54) is 4.90 Å². The Kier molecular flexibility index (Phi) is 5.68. The molecular formula is C13H21NO4. The van der Waals surface area contributed by atoms with Crippen molar-refractivity contribution in [3.63, 3.8) is 0 Å². The second-order valence-electron chi connectivity index (χ2n) is 4.86. The lowest BCUT2D eigenvalue weighted by Gasteiger charge is -2.22. The molecule has 0 aliphatic heterocycles. The summed E-state index contributed by atoms with van der Waals surface area (Å²) in [6, 6.07) is 0. The number of hydrogen-bond acceptors (Lipinski definition) is 3. The Labute approximate surface area is 107 Å². The van der Waals surface area contributed by atoms with E-state index >= 15 is 0 Å². The van der Waals surface area contributed by atoms with Crippen molar-refractivity contribution in [2.45, 2.75) is 38.2 Å². The summed E-state index contributed by atoms with van der Waals surface area (Å²) in [6.45, 7) is 0. The molecule has 0 aromatic carbocycles. The van der Waals surface area contributed by atoms with Crippen molar-refractivity contribution in [2.24, 2.45) is 5.92 Å². The summed E-state index contributed by atoms with van der Waals surface area (Å²) in [5.41, 5.74) is 0. The van der Waals surface area contributed by atoms with Crippen LogP contribution in [0.1, 0.15) is 32.1 Å². The number of carbonyl (C=O) groups excluding carboxylic acids is 1. The lowest BCUT2D eigenvalue weighted by molar-refractivity contribution is -0.138. The maximum Gasteiger partial charge on any atom is 0.409 e. The first kappa shape index (κ1) is 14.5. The Morgan fingerprint density at radius 1 is 1.33 bits per heavy atom. The number of carbonyl (C=O) groups is 2. The van der Waals surface area contributed by atoms with E-state index in [0.29, 0.717) is 6.42 Å². The van der Waals surface area contributed by atoms with Gasteiger partial charge in [-0.2, -0.15) is 0 Å². The van der Waals surface area contributed by atoms with Crippen LogP contribution in [0.25, 0.3) is 0 Å². The van der Waals surface area contributed by atoms with Gasteiger partial charge < -0.3 is 14.7 Å². The number of rotatable bonds is 3. The normalized spacial score (nSPS) is 25.7. The molecule has 0 spiro atoms. The largest absolute Gasteiger partial charge is 0.481 e. The third kappa shape index (κ3) is 5.21. The molecule has 0 heterocycles. The van der Waals surface area contributed by atoms with Crippen LogP contribution in [0, 0.1) is 5.92 Å². The van der Waals surface area contributed by atoms with Gasteiger partial charge in [-0.15, -0.1) is 0 Å². The highest BCUT2D eigenvalue weighted by Crippen LogP contribution is 2.23. The van der Waals surface area contributed by atoms with Crippen molar-refractivity contribution in [3.05, 3.63) is 12.2 Å². The number of amides is 1. The molecule has 1 aliphatic carbocycles. The molecule has 5 heteroatoms. The molecule has 0 saturated heterocycles. The van der Waals surface area contributed by atoms with E-state index in [4.69, 9.17) is 9.84 Å². The van der Waals surface area contributed by atoms with Gasteiger partial charge in [0.05, 0.1) is 0 Å². The SMILES string of the molecule is CN(C)C(=O)O[C@@H]1/C=C/CCC(CC(=O)O)CC1. The van der Waals surface area contributed by atoms with E-state index in [9.17, 15) is 9.59 Å². The van der Waals surface area contributed by atoms with Crippen LogP contribution in [0.3, 0.4) is 0 Å². The monoisotopic (exact) mass is 255 g/mol. The number of hydrogen-bond donors (Lipinski definition) is 1. The zero-order valence-corrected chi connectivity index (χ0v) is 11.0. The van der Waals surface area contributed by atoms with E-state index in [1.54, 1.807) is 14.1 Å². The van der Waals surface area contributed by atoms with Crippen LogP contribution in [0.5, 0.6) is 0 Å². The fourth-order valence-electron chi connectivity index (χ4n) is 2.00. The minimum Gasteiger partial charge on any atom is -0.481 e. The maximum atomic E-state index is 11.4. The van der Waals surface area contributed by atoms with Crippen molar-refractivity contribution in [1.29, 1.82) is 0 Å². The highest BCUT2D eigenvalue weighted by molar-refractivity contribution is 5.67. The first-order chi connectivity index (χ1) is 8.49. The van der Waals surface area contributed by atoms with Gasteiger partial charge in [0.2, 0.25) is 0 Å². The lowest BCUT2D eigenvalue weighted by Crippen LogP contribution is -2.28. The molecule has 0 saturated carbocycles. The van der Waals surface area contributed by atoms with E-state index in [2.05, 4.69) is 0 Å². The van der Waals surface area contributed by atoms with Gasteiger partial charge in [0, 0.05) is 20.5 Å². The minimum atomic E-state index is -0.758. The summed E-state index contributed by atoms with van der Waals surface area (Å²) in [6.07, 6.45) is 6.67. The van der Waals surface area contributed by atoms with E-state index in [1.807, 2.05) is 12.2 Å². The van der Waals surface area contributed by atoms with Gasteiger partial charge in [0.15, 0.2) is 0 Å². The summed E-state index contributed by atoms with van der Waals surface area (Å²) in [5.74, 6) is -0.584. The average molecular weight is 255 g/mol. The van der Waals surface area contributed by atoms with E-state index < -0.39 is 5.97 Å². The highest BCUT2D eigenvalue weighted by Gasteiger charge is 2.19. The summed E-state index contributed by atoms with van der Waals surface area (Å²) in [5, 5.41) is 8.80. The molecule has 0 aromatic heterocycles. The van der Waals surface area contributed by atoms with Crippen molar-refractivity contribution < 1.29 is 19.4 Å². The zero-order valence-electron chi connectivity index (χ0n) is 11.0. The predicted molar refractivity (Wildman–Crippen MR) is 67.3 cm³/mol. The number of allylic oxidation sites excluding steroid dienone is 1. The van der Waals surface area contributed by atoms with E-state index in [0.717, 1.165) is 19.3 Å². The number of carboxylic acid groups (broad SMARTS) is 1. The standard InChI is InChI=1S/C13H21NO4/c1-14(2)13(17)18-11-6-4-3-5-10(7-8-11)9-12(15)16/h4,6,10-11H,3,5,7-9H2,1-2H3,(H,15,16)/b6-4+/t10?,11-/m1/s1. The highest BCUT2D eigenvalue weighted by atomic mass is 16.6. The molecule has 18 heavy (non-hydrogen) atoms. The van der Waals surface area contributed by atoms with Crippen molar-refractivity contribution in [1.82, 2.24) is 4.90 Å². The Morgan fingerprint density at radius 3 is 2.67 bits per heavy atom. The van der Waals surface area contributed by atoms with Crippen LogP contribution < -0.4 is 0 Å². The van der Waals surface area contributed by atoms with Crippen molar-refractivity contribution in [3.8, 4) is 0 Å². The summed E-state index contributed by atoms with van der Waals surface area (Å²) < 4.78 is 5.29. The first-order valence-corrected chi connectivity index (χ1v) is 6.25. The minimum absolute atomic E-state index is 0.174. The van der Waals surface area contributed by atoms with Gasteiger partial charge in [-0.05, 0) is 37.7 Å². The van der Waals surface area contributed by atoms with Gasteiger partial charge in [-0.3, -0.25) is 4.79 Å². The molecule has 1 unspecified atom stereocenters. The topological polar surface area (TPSA) is 66.8 Å². The summed E-state index contributed by atoms with van der Waals surface area (Å²) >= 11 is 0. The third-order valence-electron chi connectivity index (χ3n) is 3.03. The molecule has 102 valence electrons. The molecule has 0 radical (unpaired) electrons. The molecular weight excluding hydrogens is 234 g/mol. The fraction of sp³-hybridized carbons (Fsp3) is 0.692. The van der Waals surface area contributed by atoms with Gasteiger partial charge in [0.1, 0.15) is 6.10 Å². The molecule has 0 fully saturated rings. The molecule has 0 aromatic rings. The van der Waals surface area contributed by atoms with Gasteiger partial charge in [-0.25, -0.2) is 4.79 Å². The van der Waals surface area contributed by atoms with Gasteiger partial charge >= 0.3 is 12.1 Å². The Balaban J connectivity index is 2.49. The number of aliphatic carboxylic acids is 1. The van der Waals surface area contributed by atoms with Crippen LogP contribution in [0.2, 0.25) is 0 Å². The lowest BCUT2D eigenvalue weighted by atomic mass is 9.90. The van der Waals surface area contributed by atoms with E-state index in [-0.39, 0.29) is 24.5 Å². The second-order valence-corrected chi connectivity index (χ2v) is 4.86. The molecule has 1 amide bonds. The fourth-order valence-corrected chi connectivity index (χ4v) is 2.00. The first-order valence-electron chi connectivity index (χ1n) is 6.25. The van der Waals surface area contributed by atoms with Crippen LogP contribution in [0.15, 0.2) is 12.2 Å². The number of carboxylic acids is 1. The summed E-state index contributed by atoms with van der Waals surface area (Å²) in [4.78, 5) is 23.5. The maximum absolute atomic E-state index is 11.4. The van der Waals surface area contributed by atoms with Crippen LogP contribution in [0.4, 0.5) is 4.79 Å². The van der Waals surface area contributed by atoms with Crippen LogP contribution in [-0.2, 0) is 9.53 Å². The van der Waals surface area contributed by atoms with Crippen molar-refractivity contribution in [2.75, 3.05) is 14.1 Å². The third-order valence-corrected chi connectivity index (χ3v) is 3.03. The summed E-state index contributed by atoms with van der Waals surface area (Å²) in [7, 11) is 3.28. The van der Waals surface area contributed by atoms with Gasteiger partial charge in [-0.1, -0.05) is 6.08 Å². The second kappa shape index (κ2) is 7.03. The molecule has 1 rings (SSSR count). The van der Waals surface area contributed by atoms with Crippen molar-refractivity contribution >= 4 is 12.1 Å². The molecule has 0 bridgehead atoms. The zero-order chi connectivity index (χ0) is 13.5. The Hall–Kier alpha value is -1.52. The Morgan fingerprint density at radius 2 is 2.06 bits per heavy atom. The molecule has 1 N–H and O–H groups in total. The Bertz CT molecular complexity index is 325. The molecule has 2 atom stereocenters.